The first-order chi connectivity index (χ1) is 8.19. The highest BCUT2D eigenvalue weighted by atomic mass is 127. The summed E-state index contributed by atoms with van der Waals surface area (Å²) in [6.45, 7) is 0. The molecule has 88 valence electrons. The van der Waals surface area contributed by atoms with Crippen LogP contribution in [0.2, 0.25) is 0 Å². The summed E-state index contributed by atoms with van der Waals surface area (Å²) in [5.74, 6) is 0.834. The Kier molecular flexibility index (Phi) is 3.73. The maximum Gasteiger partial charge on any atom is 0.120 e. The SMILES string of the molecule is COc1cccc(Nc2ccc(N)cc2I)c1. The van der Waals surface area contributed by atoms with Crippen molar-refractivity contribution in [3.05, 3.63) is 46.0 Å². The van der Waals surface area contributed by atoms with E-state index in [9.17, 15) is 0 Å². The lowest BCUT2D eigenvalue weighted by atomic mass is 10.2. The minimum absolute atomic E-state index is 0.769. The lowest BCUT2D eigenvalue weighted by Crippen LogP contribution is -1.95. The van der Waals surface area contributed by atoms with E-state index in [0.29, 0.717) is 0 Å². The van der Waals surface area contributed by atoms with Gasteiger partial charge < -0.3 is 15.8 Å². The average molecular weight is 340 g/mol. The lowest BCUT2D eigenvalue weighted by Gasteiger charge is -2.10. The molecule has 0 radical (unpaired) electrons. The van der Waals surface area contributed by atoms with Crippen LogP contribution in [0.5, 0.6) is 5.75 Å². The van der Waals surface area contributed by atoms with Gasteiger partial charge >= 0.3 is 0 Å². The summed E-state index contributed by atoms with van der Waals surface area (Å²) in [4.78, 5) is 0. The Morgan fingerprint density at radius 3 is 2.71 bits per heavy atom. The first kappa shape index (κ1) is 12.0. The van der Waals surface area contributed by atoms with Gasteiger partial charge in [-0.2, -0.15) is 0 Å². The molecule has 2 rings (SSSR count). The highest BCUT2D eigenvalue weighted by Crippen LogP contribution is 2.26. The molecule has 0 aromatic heterocycles. The van der Waals surface area contributed by atoms with Crippen LogP contribution in [0, 0.1) is 3.57 Å². The largest absolute Gasteiger partial charge is 0.497 e. The fraction of sp³-hybridized carbons (Fsp3) is 0.0769. The summed E-state index contributed by atoms with van der Waals surface area (Å²) in [6.07, 6.45) is 0. The van der Waals surface area contributed by atoms with Crippen LogP contribution < -0.4 is 15.8 Å². The summed E-state index contributed by atoms with van der Waals surface area (Å²) in [6, 6.07) is 13.6. The smallest absolute Gasteiger partial charge is 0.120 e. The van der Waals surface area contributed by atoms with Crippen molar-refractivity contribution in [1.82, 2.24) is 0 Å². The van der Waals surface area contributed by atoms with E-state index in [1.54, 1.807) is 7.11 Å². The zero-order valence-electron chi connectivity index (χ0n) is 9.41. The molecule has 0 atom stereocenters. The van der Waals surface area contributed by atoms with Crippen LogP contribution in [0.3, 0.4) is 0 Å². The van der Waals surface area contributed by atoms with Gasteiger partial charge in [0.25, 0.3) is 0 Å². The Balaban J connectivity index is 2.25. The van der Waals surface area contributed by atoms with Crippen LogP contribution in [0.15, 0.2) is 42.5 Å². The third-order valence-electron chi connectivity index (χ3n) is 2.34. The Morgan fingerprint density at radius 1 is 1.18 bits per heavy atom. The molecule has 4 heteroatoms. The molecule has 0 unspecified atom stereocenters. The molecular formula is C13H13IN2O. The molecule has 0 fully saturated rings. The Hall–Kier alpha value is -1.43. The highest BCUT2D eigenvalue weighted by molar-refractivity contribution is 14.1. The maximum atomic E-state index is 5.71. The number of halogens is 1. The third kappa shape index (κ3) is 3.03. The first-order valence-corrected chi connectivity index (χ1v) is 6.23. The molecule has 3 nitrogen and oxygen atoms in total. The fourth-order valence-electron chi connectivity index (χ4n) is 1.49. The van der Waals surface area contributed by atoms with Crippen LogP contribution in [-0.4, -0.2) is 7.11 Å². The number of hydrogen-bond acceptors (Lipinski definition) is 3. The molecule has 0 spiro atoms. The van der Waals surface area contributed by atoms with Gasteiger partial charge in [-0.15, -0.1) is 0 Å². The molecular weight excluding hydrogens is 327 g/mol. The van der Waals surface area contributed by atoms with E-state index < -0.39 is 0 Å². The lowest BCUT2D eigenvalue weighted by molar-refractivity contribution is 0.415. The fourth-order valence-corrected chi connectivity index (χ4v) is 2.16. The standard InChI is InChI=1S/C13H13IN2O/c1-17-11-4-2-3-10(8-11)16-13-6-5-9(15)7-12(13)14/h2-8,16H,15H2,1H3. The molecule has 0 heterocycles. The maximum absolute atomic E-state index is 5.71. The number of nitrogen functional groups attached to an aromatic ring is 1. The average Bonchev–Trinajstić information content (AvgIpc) is 2.33. The molecule has 0 saturated heterocycles. The van der Waals surface area contributed by atoms with Crippen LogP contribution in [0.1, 0.15) is 0 Å². The van der Waals surface area contributed by atoms with Gasteiger partial charge in [-0.05, 0) is 52.9 Å². The molecule has 0 amide bonds. The van der Waals surface area contributed by atoms with Gasteiger partial charge in [0.1, 0.15) is 5.75 Å². The van der Waals surface area contributed by atoms with Crippen molar-refractivity contribution in [3.8, 4) is 5.75 Å². The van der Waals surface area contributed by atoms with Crippen molar-refractivity contribution in [2.24, 2.45) is 0 Å². The minimum atomic E-state index is 0.769. The summed E-state index contributed by atoms with van der Waals surface area (Å²) in [5, 5.41) is 3.33. The number of rotatable bonds is 3. The molecule has 0 aliphatic rings. The second-order valence-corrected chi connectivity index (χ2v) is 4.76. The van der Waals surface area contributed by atoms with E-state index in [1.165, 1.54) is 0 Å². The van der Waals surface area contributed by atoms with Crippen molar-refractivity contribution in [2.45, 2.75) is 0 Å². The molecule has 0 saturated carbocycles. The van der Waals surface area contributed by atoms with E-state index in [2.05, 4.69) is 27.9 Å². The molecule has 0 aliphatic heterocycles. The second-order valence-electron chi connectivity index (χ2n) is 3.60. The number of benzene rings is 2. The number of hydrogen-bond donors (Lipinski definition) is 2. The van der Waals surface area contributed by atoms with Crippen molar-refractivity contribution < 1.29 is 4.74 Å². The molecule has 0 bridgehead atoms. The summed E-state index contributed by atoms with van der Waals surface area (Å²) in [7, 11) is 1.66. The van der Waals surface area contributed by atoms with Crippen molar-refractivity contribution in [2.75, 3.05) is 18.2 Å². The second kappa shape index (κ2) is 5.27. The quantitative estimate of drug-likeness (QED) is 0.663. The van der Waals surface area contributed by atoms with Gasteiger partial charge in [-0.3, -0.25) is 0 Å². The Labute approximate surface area is 114 Å². The van der Waals surface area contributed by atoms with Crippen LogP contribution in [0.25, 0.3) is 0 Å². The van der Waals surface area contributed by atoms with E-state index in [0.717, 1.165) is 26.4 Å². The van der Waals surface area contributed by atoms with Crippen molar-refractivity contribution in [3.63, 3.8) is 0 Å². The van der Waals surface area contributed by atoms with Gasteiger partial charge in [0.15, 0.2) is 0 Å². The van der Waals surface area contributed by atoms with Crippen LogP contribution in [-0.2, 0) is 0 Å². The first-order valence-electron chi connectivity index (χ1n) is 5.15. The van der Waals surface area contributed by atoms with Crippen molar-refractivity contribution >= 4 is 39.7 Å². The molecule has 2 aromatic carbocycles. The van der Waals surface area contributed by atoms with Gasteiger partial charge in [0.2, 0.25) is 0 Å². The van der Waals surface area contributed by atoms with Crippen molar-refractivity contribution in [1.29, 1.82) is 0 Å². The van der Waals surface area contributed by atoms with Gasteiger partial charge in [-0.25, -0.2) is 0 Å². The predicted octanol–water partition coefficient (Wildman–Crippen LogP) is 3.63. The summed E-state index contributed by atoms with van der Waals surface area (Å²) in [5.41, 5.74) is 8.51. The Morgan fingerprint density at radius 2 is 2.00 bits per heavy atom. The van der Waals surface area contributed by atoms with E-state index in [-0.39, 0.29) is 0 Å². The van der Waals surface area contributed by atoms with E-state index in [4.69, 9.17) is 10.5 Å². The predicted molar refractivity (Wildman–Crippen MR) is 79.8 cm³/mol. The number of ether oxygens (including phenoxy) is 1. The monoisotopic (exact) mass is 340 g/mol. The zero-order chi connectivity index (χ0) is 12.3. The van der Waals surface area contributed by atoms with Gasteiger partial charge in [-0.1, -0.05) is 6.07 Å². The molecule has 3 N–H and O–H groups in total. The zero-order valence-corrected chi connectivity index (χ0v) is 11.6. The Bertz CT molecular complexity index is 529. The highest BCUT2D eigenvalue weighted by Gasteiger charge is 2.01. The normalized spacial score (nSPS) is 10.0. The third-order valence-corrected chi connectivity index (χ3v) is 3.23. The number of methoxy groups -OCH3 is 1. The summed E-state index contributed by atoms with van der Waals surface area (Å²) < 4.78 is 6.27. The molecule has 2 aromatic rings. The molecule has 0 aliphatic carbocycles. The van der Waals surface area contributed by atoms with Crippen LogP contribution in [0.4, 0.5) is 17.1 Å². The van der Waals surface area contributed by atoms with E-state index in [1.807, 2.05) is 42.5 Å². The van der Waals surface area contributed by atoms with Gasteiger partial charge in [0, 0.05) is 21.0 Å². The number of nitrogens with one attached hydrogen (secondary N) is 1. The van der Waals surface area contributed by atoms with E-state index >= 15 is 0 Å². The number of nitrogens with two attached hydrogens (primary N) is 1. The topological polar surface area (TPSA) is 47.3 Å². The molecule has 17 heavy (non-hydrogen) atoms. The minimum Gasteiger partial charge on any atom is -0.497 e. The van der Waals surface area contributed by atoms with Crippen LogP contribution >= 0.6 is 22.6 Å². The van der Waals surface area contributed by atoms with Gasteiger partial charge in [0.05, 0.1) is 12.8 Å². The summed E-state index contributed by atoms with van der Waals surface area (Å²) >= 11 is 2.26. The number of anilines is 3.